The van der Waals surface area contributed by atoms with Gasteiger partial charge in [-0.3, -0.25) is 4.79 Å². The monoisotopic (exact) mass is 463 g/mol. The van der Waals surface area contributed by atoms with E-state index in [1.54, 1.807) is 18.3 Å². The maximum atomic E-state index is 12.0. The molecule has 3 rings (SSSR count). The van der Waals surface area contributed by atoms with Crippen molar-refractivity contribution in [2.45, 2.75) is 5.16 Å². The van der Waals surface area contributed by atoms with Crippen molar-refractivity contribution in [3.8, 4) is 11.4 Å². The normalized spacial score (nSPS) is 11.1. The quantitative estimate of drug-likeness (QED) is 0.338. The number of hydrogen-bond acceptors (Lipinski definition) is 5. The van der Waals surface area contributed by atoms with Gasteiger partial charge in [0.05, 0.1) is 12.0 Å². The fraction of sp³-hybridized carbons (Fsp3) is 0.111. The van der Waals surface area contributed by atoms with Crippen LogP contribution in [0.25, 0.3) is 11.4 Å². The van der Waals surface area contributed by atoms with Crippen molar-refractivity contribution in [1.29, 1.82) is 0 Å². The van der Waals surface area contributed by atoms with Gasteiger partial charge in [0.2, 0.25) is 0 Å². The van der Waals surface area contributed by atoms with Gasteiger partial charge in [0.15, 0.2) is 11.0 Å². The molecule has 1 heterocycles. The zero-order chi connectivity index (χ0) is 19.2. The van der Waals surface area contributed by atoms with Gasteiger partial charge in [-0.25, -0.2) is 5.43 Å². The van der Waals surface area contributed by atoms with Crippen LogP contribution in [0.5, 0.6) is 0 Å². The number of amides is 1. The van der Waals surface area contributed by atoms with Crippen molar-refractivity contribution in [2.24, 2.45) is 12.1 Å². The average Bonchev–Trinajstić information content (AvgIpc) is 3.01. The molecule has 0 radical (unpaired) electrons. The summed E-state index contributed by atoms with van der Waals surface area (Å²) in [6.45, 7) is 0. The summed E-state index contributed by atoms with van der Waals surface area (Å²) in [4.78, 5) is 12.0. The Hall–Kier alpha value is -2.16. The van der Waals surface area contributed by atoms with Crippen molar-refractivity contribution in [3.05, 3.63) is 63.6 Å². The second-order valence-corrected chi connectivity index (χ2v) is 7.81. The number of aromatic nitrogens is 3. The number of nitrogens with one attached hydrogen (secondary N) is 1. The fourth-order valence-electron chi connectivity index (χ4n) is 2.25. The number of thioether (sulfide) groups is 1. The molecule has 0 saturated carbocycles. The van der Waals surface area contributed by atoms with Crippen molar-refractivity contribution >= 4 is 51.4 Å². The third-order valence-corrected chi connectivity index (χ3v) is 5.25. The van der Waals surface area contributed by atoms with Gasteiger partial charge in [-0.05, 0) is 29.8 Å². The van der Waals surface area contributed by atoms with Crippen LogP contribution in [0.15, 0.2) is 63.3 Å². The molecule has 1 N–H and O–H groups in total. The van der Waals surface area contributed by atoms with E-state index in [1.165, 1.54) is 11.8 Å². The predicted octanol–water partition coefficient (Wildman–Crippen LogP) is 4.14. The van der Waals surface area contributed by atoms with Crippen LogP contribution in [0.1, 0.15) is 5.56 Å². The molecule has 0 saturated heterocycles. The SMILES string of the molecule is Cn1c(SCC(=O)N/N=C\c2cccc(Cl)c2)nnc1-c1cccc(Br)c1. The van der Waals surface area contributed by atoms with E-state index in [2.05, 4.69) is 36.7 Å². The van der Waals surface area contributed by atoms with Gasteiger partial charge in [-0.1, -0.05) is 63.6 Å². The van der Waals surface area contributed by atoms with Gasteiger partial charge in [-0.2, -0.15) is 5.10 Å². The fourth-order valence-corrected chi connectivity index (χ4v) is 3.55. The molecular weight excluding hydrogens is 450 g/mol. The first-order valence-corrected chi connectivity index (χ1v) is 10.0. The predicted molar refractivity (Wildman–Crippen MR) is 112 cm³/mol. The van der Waals surface area contributed by atoms with E-state index in [0.29, 0.717) is 10.2 Å². The lowest BCUT2D eigenvalue weighted by molar-refractivity contribution is -0.118. The van der Waals surface area contributed by atoms with E-state index in [0.717, 1.165) is 21.4 Å². The summed E-state index contributed by atoms with van der Waals surface area (Å²) in [7, 11) is 1.87. The smallest absolute Gasteiger partial charge is 0.250 e. The van der Waals surface area contributed by atoms with E-state index in [4.69, 9.17) is 11.6 Å². The highest BCUT2D eigenvalue weighted by Gasteiger charge is 2.13. The molecule has 0 aliphatic heterocycles. The average molecular weight is 465 g/mol. The Morgan fingerprint density at radius 2 is 2.11 bits per heavy atom. The van der Waals surface area contributed by atoms with Gasteiger partial charge in [0, 0.05) is 22.1 Å². The first-order valence-electron chi connectivity index (χ1n) is 7.88. The third kappa shape index (κ3) is 5.41. The minimum atomic E-state index is -0.231. The van der Waals surface area contributed by atoms with Crippen LogP contribution < -0.4 is 5.43 Å². The number of rotatable bonds is 6. The maximum Gasteiger partial charge on any atom is 0.250 e. The molecule has 2 aromatic carbocycles. The molecule has 1 aromatic heterocycles. The maximum absolute atomic E-state index is 12.0. The summed E-state index contributed by atoms with van der Waals surface area (Å²) in [6, 6.07) is 15.0. The van der Waals surface area contributed by atoms with E-state index in [1.807, 2.05) is 48.0 Å². The van der Waals surface area contributed by atoms with Gasteiger partial charge in [0.25, 0.3) is 5.91 Å². The number of hydrazone groups is 1. The Balaban J connectivity index is 1.56. The third-order valence-electron chi connectivity index (χ3n) is 3.50. The molecule has 0 aliphatic carbocycles. The van der Waals surface area contributed by atoms with E-state index >= 15 is 0 Å². The number of halogens is 2. The van der Waals surface area contributed by atoms with Crippen LogP contribution in [0, 0.1) is 0 Å². The zero-order valence-electron chi connectivity index (χ0n) is 14.3. The Bertz CT molecular complexity index is 991. The molecule has 9 heteroatoms. The summed E-state index contributed by atoms with van der Waals surface area (Å²) in [5, 5.41) is 13.6. The summed E-state index contributed by atoms with van der Waals surface area (Å²) in [5.74, 6) is 0.681. The molecule has 0 unspecified atom stereocenters. The lowest BCUT2D eigenvalue weighted by Gasteiger charge is -2.04. The molecule has 0 spiro atoms. The Kier molecular flexibility index (Phi) is 6.65. The van der Waals surface area contributed by atoms with Crippen molar-refractivity contribution < 1.29 is 4.79 Å². The number of benzene rings is 2. The Labute approximate surface area is 174 Å². The summed E-state index contributed by atoms with van der Waals surface area (Å²) >= 11 is 10.6. The second kappa shape index (κ2) is 9.16. The van der Waals surface area contributed by atoms with Gasteiger partial charge in [-0.15, -0.1) is 10.2 Å². The van der Waals surface area contributed by atoms with Gasteiger partial charge >= 0.3 is 0 Å². The Morgan fingerprint density at radius 1 is 1.30 bits per heavy atom. The summed E-state index contributed by atoms with van der Waals surface area (Å²) in [6.07, 6.45) is 1.54. The molecule has 1 amide bonds. The van der Waals surface area contributed by atoms with Crippen LogP contribution in [0.2, 0.25) is 5.02 Å². The van der Waals surface area contributed by atoms with Crippen LogP contribution >= 0.6 is 39.3 Å². The topological polar surface area (TPSA) is 72.2 Å². The standard InChI is InChI=1S/C18H15BrClN5OS/c1-25-17(13-5-3-6-14(19)9-13)23-24-18(25)27-11-16(26)22-21-10-12-4-2-7-15(20)8-12/h2-10H,11H2,1H3,(H,22,26)/b21-10-. The molecule has 0 bridgehead atoms. The van der Waals surface area contributed by atoms with Crippen LogP contribution in [-0.4, -0.2) is 32.6 Å². The van der Waals surface area contributed by atoms with Crippen LogP contribution in [0.3, 0.4) is 0 Å². The molecule has 0 fully saturated rings. The highest BCUT2D eigenvalue weighted by Crippen LogP contribution is 2.24. The number of carbonyl (C=O) groups is 1. The minimum Gasteiger partial charge on any atom is -0.305 e. The van der Waals surface area contributed by atoms with E-state index in [-0.39, 0.29) is 11.7 Å². The van der Waals surface area contributed by atoms with E-state index in [9.17, 15) is 4.79 Å². The minimum absolute atomic E-state index is 0.178. The van der Waals surface area contributed by atoms with Crippen molar-refractivity contribution in [1.82, 2.24) is 20.2 Å². The number of carbonyl (C=O) groups excluding carboxylic acids is 1. The second-order valence-electron chi connectivity index (χ2n) is 5.51. The van der Waals surface area contributed by atoms with Crippen LogP contribution in [-0.2, 0) is 11.8 Å². The highest BCUT2D eigenvalue weighted by atomic mass is 79.9. The molecule has 138 valence electrons. The molecular formula is C18H15BrClN5OS. The van der Waals surface area contributed by atoms with Crippen molar-refractivity contribution in [3.63, 3.8) is 0 Å². The zero-order valence-corrected chi connectivity index (χ0v) is 17.4. The van der Waals surface area contributed by atoms with Crippen molar-refractivity contribution in [2.75, 3.05) is 5.75 Å². The number of hydrogen-bond donors (Lipinski definition) is 1. The lowest BCUT2D eigenvalue weighted by atomic mass is 10.2. The molecule has 0 atom stereocenters. The molecule has 6 nitrogen and oxygen atoms in total. The molecule has 3 aromatic rings. The largest absolute Gasteiger partial charge is 0.305 e. The van der Waals surface area contributed by atoms with Gasteiger partial charge < -0.3 is 4.57 Å². The summed E-state index contributed by atoms with van der Waals surface area (Å²) in [5.41, 5.74) is 4.24. The first-order chi connectivity index (χ1) is 13.0. The first kappa shape index (κ1) is 19.6. The lowest BCUT2D eigenvalue weighted by Crippen LogP contribution is -2.19. The van der Waals surface area contributed by atoms with E-state index < -0.39 is 0 Å². The van der Waals surface area contributed by atoms with Crippen LogP contribution in [0.4, 0.5) is 0 Å². The molecule has 27 heavy (non-hydrogen) atoms. The molecule has 0 aliphatic rings. The summed E-state index contributed by atoms with van der Waals surface area (Å²) < 4.78 is 2.82. The van der Waals surface area contributed by atoms with Gasteiger partial charge in [0.1, 0.15) is 0 Å². The highest BCUT2D eigenvalue weighted by molar-refractivity contribution is 9.10. The Morgan fingerprint density at radius 3 is 2.89 bits per heavy atom. The number of nitrogens with zero attached hydrogens (tertiary/aromatic N) is 4.